The van der Waals surface area contributed by atoms with E-state index in [1.165, 1.54) is 6.07 Å². The molecule has 2 aromatic carbocycles. The van der Waals surface area contributed by atoms with Gasteiger partial charge in [-0.25, -0.2) is 9.37 Å². The van der Waals surface area contributed by atoms with Gasteiger partial charge in [-0.15, -0.1) is 0 Å². The summed E-state index contributed by atoms with van der Waals surface area (Å²) in [5.41, 5.74) is 1.51. The zero-order chi connectivity index (χ0) is 19.3. The maximum Gasteiger partial charge on any atom is 0.259 e. The van der Waals surface area contributed by atoms with Crippen LogP contribution in [0.3, 0.4) is 0 Å². The molecule has 0 atom stereocenters. The van der Waals surface area contributed by atoms with Crippen LogP contribution in [0.4, 0.5) is 10.1 Å². The molecule has 1 aromatic heterocycles. The lowest BCUT2D eigenvalue weighted by atomic mass is 10.0. The van der Waals surface area contributed by atoms with Crippen LogP contribution < -0.4 is 10.5 Å². The summed E-state index contributed by atoms with van der Waals surface area (Å²) in [6.07, 6.45) is 2.30. The SMILES string of the molecule is O=c1[nH]c(-c2cccc(Cl)c2F)nc2ccc(N3CCN4CCC3CC4)cc12. The predicted molar refractivity (Wildman–Crippen MR) is 110 cm³/mol. The van der Waals surface area contributed by atoms with Crippen LogP contribution in [0.15, 0.2) is 41.2 Å². The summed E-state index contributed by atoms with van der Waals surface area (Å²) < 4.78 is 14.3. The van der Waals surface area contributed by atoms with Crippen molar-refractivity contribution in [2.75, 3.05) is 31.1 Å². The zero-order valence-corrected chi connectivity index (χ0v) is 16.0. The van der Waals surface area contributed by atoms with Gasteiger partial charge in [0.25, 0.3) is 5.56 Å². The Morgan fingerprint density at radius 3 is 2.75 bits per heavy atom. The molecule has 5 nitrogen and oxygen atoms in total. The largest absolute Gasteiger partial charge is 0.367 e. The first-order valence-corrected chi connectivity index (χ1v) is 9.95. The summed E-state index contributed by atoms with van der Waals surface area (Å²) in [5, 5.41) is 0.519. The average Bonchev–Trinajstić information content (AvgIpc) is 3.04. The Bertz CT molecular complexity index is 1110. The van der Waals surface area contributed by atoms with Gasteiger partial charge in [-0.2, -0.15) is 0 Å². The number of fused-ring (bicyclic) bond motifs is 5. The highest BCUT2D eigenvalue weighted by molar-refractivity contribution is 6.31. The van der Waals surface area contributed by atoms with Crippen LogP contribution in [-0.2, 0) is 0 Å². The van der Waals surface area contributed by atoms with Gasteiger partial charge in [0.1, 0.15) is 5.82 Å². The van der Waals surface area contributed by atoms with E-state index < -0.39 is 5.82 Å². The van der Waals surface area contributed by atoms with Gasteiger partial charge in [0.15, 0.2) is 5.82 Å². The Morgan fingerprint density at radius 2 is 1.93 bits per heavy atom. The van der Waals surface area contributed by atoms with Crippen molar-refractivity contribution < 1.29 is 4.39 Å². The van der Waals surface area contributed by atoms with E-state index in [1.54, 1.807) is 12.1 Å². The molecular weight excluding hydrogens is 379 g/mol. The quantitative estimate of drug-likeness (QED) is 0.715. The highest BCUT2D eigenvalue weighted by atomic mass is 35.5. The molecule has 0 aliphatic carbocycles. The molecule has 3 aliphatic rings. The molecule has 0 unspecified atom stereocenters. The molecule has 3 fully saturated rings. The predicted octanol–water partition coefficient (Wildman–Crippen LogP) is 3.67. The van der Waals surface area contributed by atoms with Gasteiger partial charge in [-0.05, 0) is 43.2 Å². The van der Waals surface area contributed by atoms with Crippen molar-refractivity contribution >= 4 is 28.2 Å². The van der Waals surface area contributed by atoms with Crippen LogP contribution in [0.1, 0.15) is 12.8 Å². The lowest BCUT2D eigenvalue weighted by Gasteiger charge is -2.33. The van der Waals surface area contributed by atoms with Gasteiger partial charge in [-0.1, -0.05) is 17.7 Å². The lowest BCUT2D eigenvalue weighted by Crippen LogP contribution is -2.37. The van der Waals surface area contributed by atoms with Gasteiger partial charge < -0.3 is 14.8 Å². The molecule has 7 heteroatoms. The van der Waals surface area contributed by atoms with E-state index in [0.29, 0.717) is 16.9 Å². The monoisotopic (exact) mass is 398 g/mol. The van der Waals surface area contributed by atoms with Gasteiger partial charge in [0, 0.05) is 37.9 Å². The summed E-state index contributed by atoms with van der Waals surface area (Å²) >= 11 is 5.87. The molecule has 1 N–H and O–H groups in total. The Labute approximate surface area is 166 Å². The van der Waals surface area contributed by atoms with E-state index in [-0.39, 0.29) is 22.0 Å². The molecule has 3 saturated heterocycles. The lowest BCUT2D eigenvalue weighted by molar-refractivity contribution is 0.250. The van der Waals surface area contributed by atoms with E-state index in [1.807, 2.05) is 18.2 Å². The van der Waals surface area contributed by atoms with Crippen molar-refractivity contribution in [2.24, 2.45) is 0 Å². The molecule has 0 radical (unpaired) electrons. The number of anilines is 1. The number of piperidine rings is 1. The van der Waals surface area contributed by atoms with Gasteiger partial charge >= 0.3 is 0 Å². The summed E-state index contributed by atoms with van der Waals surface area (Å²) in [6.45, 7) is 4.31. The van der Waals surface area contributed by atoms with E-state index in [2.05, 4.69) is 19.8 Å². The van der Waals surface area contributed by atoms with Crippen LogP contribution in [0, 0.1) is 5.82 Å². The van der Waals surface area contributed by atoms with Crippen molar-refractivity contribution in [1.82, 2.24) is 14.9 Å². The Hall–Kier alpha value is -2.44. The second-order valence-corrected chi connectivity index (χ2v) is 7.89. The highest BCUT2D eigenvalue weighted by Gasteiger charge is 2.29. The van der Waals surface area contributed by atoms with Crippen molar-refractivity contribution in [3.8, 4) is 11.4 Å². The number of rotatable bonds is 2. The topological polar surface area (TPSA) is 52.2 Å². The third kappa shape index (κ3) is 2.97. The molecule has 0 amide bonds. The van der Waals surface area contributed by atoms with Gasteiger partial charge in [0.2, 0.25) is 0 Å². The Morgan fingerprint density at radius 1 is 1.11 bits per heavy atom. The Balaban J connectivity index is 1.57. The van der Waals surface area contributed by atoms with Gasteiger partial charge in [-0.3, -0.25) is 4.79 Å². The van der Waals surface area contributed by atoms with E-state index in [0.717, 1.165) is 44.7 Å². The number of aromatic amines is 1. The van der Waals surface area contributed by atoms with Crippen LogP contribution in [-0.4, -0.2) is 47.1 Å². The number of nitrogens with one attached hydrogen (secondary N) is 1. The molecular formula is C21H20ClFN4O. The van der Waals surface area contributed by atoms with Gasteiger partial charge in [0.05, 0.1) is 21.5 Å². The maximum absolute atomic E-state index is 14.3. The molecule has 0 spiro atoms. The molecule has 2 bridgehead atoms. The number of benzene rings is 2. The fourth-order valence-corrected chi connectivity index (χ4v) is 4.52. The van der Waals surface area contributed by atoms with Crippen molar-refractivity contribution in [3.63, 3.8) is 0 Å². The molecule has 0 saturated carbocycles. The minimum atomic E-state index is -0.585. The smallest absolute Gasteiger partial charge is 0.259 e. The van der Waals surface area contributed by atoms with Crippen molar-refractivity contribution in [3.05, 3.63) is 57.6 Å². The van der Waals surface area contributed by atoms with Crippen molar-refractivity contribution in [2.45, 2.75) is 18.9 Å². The number of nitrogens with zero attached hydrogens (tertiary/aromatic N) is 3. The number of hydrogen-bond donors (Lipinski definition) is 1. The first-order valence-electron chi connectivity index (χ1n) is 9.57. The van der Waals surface area contributed by atoms with Crippen LogP contribution in [0.2, 0.25) is 5.02 Å². The fraction of sp³-hybridized carbons (Fsp3) is 0.333. The maximum atomic E-state index is 14.3. The molecule has 3 aliphatic heterocycles. The molecule has 6 rings (SSSR count). The highest BCUT2D eigenvalue weighted by Crippen LogP contribution is 2.29. The number of H-pyrrole nitrogens is 1. The van der Waals surface area contributed by atoms with E-state index in [4.69, 9.17) is 11.6 Å². The summed E-state index contributed by atoms with van der Waals surface area (Å²) in [6, 6.07) is 11.0. The average molecular weight is 399 g/mol. The third-order valence-corrected chi connectivity index (χ3v) is 6.17. The number of halogens is 2. The third-order valence-electron chi connectivity index (χ3n) is 5.88. The zero-order valence-electron chi connectivity index (χ0n) is 15.3. The molecule has 3 aromatic rings. The standard InChI is InChI=1S/C21H20ClFN4O/c22-17-3-1-2-15(19(17)23)20-24-18-5-4-14(12-16(18)21(28)25-20)27-11-10-26-8-6-13(27)7-9-26/h1-5,12-13H,6-11H2,(H,24,25,28). The summed E-state index contributed by atoms with van der Waals surface area (Å²) in [5.74, 6) is -0.398. The first kappa shape index (κ1) is 17.6. The van der Waals surface area contributed by atoms with Crippen LogP contribution in [0.25, 0.3) is 22.3 Å². The fourth-order valence-electron chi connectivity index (χ4n) is 4.35. The minimum Gasteiger partial charge on any atom is -0.367 e. The summed E-state index contributed by atoms with van der Waals surface area (Å²) in [4.78, 5) is 24.9. The molecule has 144 valence electrons. The van der Waals surface area contributed by atoms with Crippen molar-refractivity contribution in [1.29, 1.82) is 0 Å². The summed E-state index contributed by atoms with van der Waals surface area (Å²) in [7, 11) is 0. The minimum absolute atomic E-state index is 0.00219. The van der Waals surface area contributed by atoms with E-state index >= 15 is 0 Å². The Kier molecular flexibility index (Phi) is 4.33. The van der Waals surface area contributed by atoms with Crippen LogP contribution in [0.5, 0.6) is 0 Å². The van der Waals surface area contributed by atoms with E-state index in [9.17, 15) is 9.18 Å². The number of aromatic nitrogens is 2. The normalized spacial score (nSPS) is 21.9. The number of hydrogen-bond acceptors (Lipinski definition) is 4. The first-order chi connectivity index (χ1) is 13.6. The molecule has 28 heavy (non-hydrogen) atoms. The second kappa shape index (κ2) is 6.87. The van der Waals surface area contributed by atoms with Crippen LogP contribution >= 0.6 is 11.6 Å². The molecule has 4 heterocycles. The second-order valence-electron chi connectivity index (χ2n) is 7.48.